The number of fused-ring (bicyclic) bond motifs is 1. The molecule has 2 N–H and O–H groups in total. The lowest BCUT2D eigenvalue weighted by Crippen LogP contribution is -2.32. The van der Waals surface area contributed by atoms with Gasteiger partial charge in [0, 0.05) is 31.3 Å². The number of halogens is 2. The van der Waals surface area contributed by atoms with Gasteiger partial charge in [0.25, 0.3) is 5.69 Å². The van der Waals surface area contributed by atoms with E-state index in [0.717, 1.165) is 31.9 Å². The summed E-state index contributed by atoms with van der Waals surface area (Å²) in [6.07, 6.45) is 2.96. The predicted molar refractivity (Wildman–Crippen MR) is 79.1 cm³/mol. The van der Waals surface area contributed by atoms with E-state index < -0.39 is 10.7 Å². The van der Waals surface area contributed by atoms with E-state index in [1.807, 2.05) is 4.90 Å². The molecule has 3 atom stereocenters. The molecule has 1 aliphatic carbocycles. The Balaban J connectivity index is 1.91. The van der Waals surface area contributed by atoms with Crippen LogP contribution in [0.15, 0.2) is 12.1 Å². The number of nitro benzene ring substituents is 1. The molecular formula is C14H17ClFN3O2. The SMILES string of the molecule is NC1CC[C@@H]2CN(c3cc(F)c(Cl)cc3[N+](=O)[O-])C[C@@H]2C1. The van der Waals surface area contributed by atoms with Gasteiger partial charge in [-0.2, -0.15) is 0 Å². The average molecular weight is 314 g/mol. The number of rotatable bonds is 2. The molecule has 7 heteroatoms. The smallest absolute Gasteiger partial charge is 0.294 e. The first-order chi connectivity index (χ1) is 9.95. The lowest BCUT2D eigenvalue weighted by atomic mass is 9.79. The molecule has 2 fully saturated rings. The van der Waals surface area contributed by atoms with Crippen LogP contribution in [0.3, 0.4) is 0 Å². The minimum absolute atomic E-state index is 0.135. The van der Waals surface area contributed by atoms with Crippen molar-refractivity contribution >= 4 is 23.0 Å². The molecule has 1 heterocycles. The van der Waals surface area contributed by atoms with Gasteiger partial charge in [0.1, 0.15) is 11.5 Å². The average Bonchev–Trinajstić information content (AvgIpc) is 2.83. The van der Waals surface area contributed by atoms with Gasteiger partial charge < -0.3 is 10.6 Å². The fourth-order valence-electron chi connectivity index (χ4n) is 3.59. The van der Waals surface area contributed by atoms with Gasteiger partial charge in [-0.3, -0.25) is 10.1 Å². The highest BCUT2D eigenvalue weighted by Crippen LogP contribution is 2.41. The maximum absolute atomic E-state index is 13.7. The first-order valence-corrected chi connectivity index (χ1v) is 7.47. The largest absolute Gasteiger partial charge is 0.365 e. The maximum Gasteiger partial charge on any atom is 0.294 e. The minimum Gasteiger partial charge on any atom is -0.365 e. The van der Waals surface area contributed by atoms with Crippen molar-refractivity contribution in [1.29, 1.82) is 0 Å². The number of nitrogens with two attached hydrogens (primary N) is 1. The molecule has 21 heavy (non-hydrogen) atoms. The fourth-order valence-corrected chi connectivity index (χ4v) is 3.75. The topological polar surface area (TPSA) is 72.4 Å². The Bertz CT molecular complexity index is 584. The van der Waals surface area contributed by atoms with Crippen LogP contribution in [-0.4, -0.2) is 24.1 Å². The summed E-state index contributed by atoms with van der Waals surface area (Å²) in [4.78, 5) is 12.6. The van der Waals surface area contributed by atoms with Crippen molar-refractivity contribution < 1.29 is 9.31 Å². The van der Waals surface area contributed by atoms with Gasteiger partial charge in [0.05, 0.1) is 9.95 Å². The zero-order chi connectivity index (χ0) is 15.1. The van der Waals surface area contributed by atoms with E-state index in [1.54, 1.807) is 0 Å². The molecule has 5 nitrogen and oxygen atoms in total. The summed E-state index contributed by atoms with van der Waals surface area (Å²) in [5, 5.41) is 11.0. The second kappa shape index (κ2) is 5.42. The molecule has 1 saturated heterocycles. The summed E-state index contributed by atoms with van der Waals surface area (Å²) in [6, 6.07) is 2.49. The van der Waals surface area contributed by atoms with Crippen LogP contribution in [0.1, 0.15) is 19.3 Å². The summed E-state index contributed by atoms with van der Waals surface area (Å²) >= 11 is 5.66. The van der Waals surface area contributed by atoms with Crippen LogP contribution in [0, 0.1) is 27.8 Å². The Morgan fingerprint density at radius 2 is 2.05 bits per heavy atom. The van der Waals surface area contributed by atoms with E-state index in [-0.39, 0.29) is 16.8 Å². The zero-order valence-corrected chi connectivity index (χ0v) is 12.2. The molecule has 0 amide bonds. The van der Waals surface area contributed by atoms with Crippen molar-refractivity contribution in [3.05, 3.63) is 33.1 Å². The Kier molecular flexibility index (Phi) is 3.75. The van der Waals surface area contributed by atoms with Gasteiger partial charge in [-0.15, -0.1) is 0 Å². The molecule has 1 aliphatic heterocycles. The van der Waals surface area contributed by atoms with Gasteiger partial charge in [-0.25, -0.2) is 4.39 Å². The molecule has 1 unspecified atom stereocenters. The number of benzene rings is 1. The van der Waals surface area contributed by atoms with Gasteiger partial charge in [-0.1, -0.05) is 11.6 Å². The van der Waals surface area contributed by atoms with Crippen LogP contribution < -0.4 is 10.6 Å². The minimum atomic E-state index is -0.621. The van der Waals surface area contributed by atoms with Crippen molar-refractivity contribution in [2.45, 2.75) is 25.3 Å². The molecular weight excluding hydrogens is 297 g/mol. The van der Waals surface area contributed by atoms with E-state index in [4.69, 9.17) is 17.3 Å². The van der Waals surface area contributed by atoms with Gasteiger partial charge >= 0.3 is 0 Å². The van der Waals surface area contributed by atoms with Crippen molar-refractivity contribution in [3.8, 4) is 0 Å². The number of hydrogen-bond donors (Lipinski definition) is 1. The highest BCUT2D eigenvalue weighted by atomic mass is 35.5. The van der Waals surface area contributed by atoms with Crippen molar-refractivity contribution in [2.24, 2.45) is 17.6 Å². The summed E-state index contributed by atoms with van der Waals surface area (Å²) in [6.45, 7) is 1.42. The van der Waals surface area contributed by atoms with E-state index in [1.165, 1.54) is 6.07 Å². The molecule has 1 saturated carbocycles. The second-order valence-electron chi connectivity index (χ2n) is 6.01. The van der Waals surface area contributed by atoms with E-state index in [9.17, 15) is 14.5 Å². The summed E-state index contributed by atoms with van der Waals surface area (Å²) in [5.74, 6) is 0.305. The summed E-state index contributed by atoms with van der Waals surface area (Å²) < 4.78 is 13.7. The van der Waals surface area contributed by atoms with Crippen LogP contribution >= 0.6 is 11.6 Å². The number of nitro groups is 1. The summed E-state index contributed by atoms with van der Waals surface area (Å²) in [5.41, 5.74) is 6.18. The number of anilines is 1. The molecule has 1 aromatic rings. The zero-order valence-electron chi connectivity index (χ0n) is 11.5. The van der Waals surface area contributed by atoms with Crippen LogP contribution in [-0.2, 0) is 0 Å². The normalized spacial score (nSPS) is 28.5. The first kappa shape index (κ1) is 14.5. The number of nitrogens with zero attached hydrogens (tertiary/aromatic N) is 2. The van der Waals surface area contributed by atoms with Crippen molar-refractivity contribution in [2.75, 3.05) is 18.0 Å². The standard InChI is InChI=1S/C14H17ClFN3O2/c15-11-4-14(19(20)21)13(5-12(11)16)18-6-8-1-2-10(17)3-9(8)7-18/h4-5,8-10H,1-3,6-7,17H2/t8-,9+,10?/m1/s1. The Morgan fingerprint density at radius 3 is 2.76 bits per heavy atom. The third-order valence-electron chi connectivity index (χ3n) is 4.65. The molecule has 0 bridgehead atoms. The van der Waals surface area contributed by atoms with Crippen LogP contribution in [0.5, 0.6) is 0 Å². The third kappa shape index (κ3) is 2.70. The van der Waals surface area contributed by atoms with E-state index in [0.29, 0.717) is 24.1 Å². The van der Waals surface area contributed by atoms with E-state index in [2.05, 4.69) is 0 Å². The van der Waals surface area contributed by atoms with Crippen LogP contribution in [0.25, 0.3) is 0 Å². The Hall–Kier alpha value is -1.40. The molecule has 3 rings (SSSR count). The fraction of sp³-hybridized carbons (Fsp3) is 0.571. The highest BCUT2D eigenvalue weighted by Gasteiger charge is 2.38. The monoisotopic (exact) mass is 313 g/mol. The Labute approximate surface area is 127 Å². The van der Waals surface area contributed by atoms with Crippen molar-refractivity contribution in [3.63, 3.8) is 0 Å². The molecule has 0 radical (unpaired) electrons. The van der Waals surface area contributed by atoms with Gasteiger partial charge in [0.15, 0.2) is 0 Å². The number of hydrogen-bond acceptors (Lipinski definition) is 4. The van der Waals surface area contributed by atoms with Gasteiger partial charge in [0.2, 0.25) is 0 Å². The lowest BCUT2D eigenvalue weighted by Gasteiger charge is -2.27. The summed E-state index contributed by atoms with van der Waals surface area (Å²) in [7, 11) is 0. The second-order valence-corrected chi connectivity index (χ2v) is 6.42. The molecule has 2 aliphatic rings. The lowest BCUT2D eigenvalue weighted by molar-refractivity contribution is -0.384. The maximum atomic E-state index is 13.7. The van der Waals surface area contributed by atoms with Crippen LogP contribution in [0.4, 0.5) is 15.8 Å². The molecule has 0 aromatic heterocycles. The van der Waals surface area contributed by atoms with Crippen molar-refractivity contribution in [1.82, 2.24) is 0 Å². The third-order valence-corrected chi connectivity index (χ3v) is 4.93. The van der Waals surface area contributed by atoms with Gasteiger partial charge in [-0.05, 0) is 31.1 Å². The Morgan fingerprint density at radius 1 is 1.33 bits per heavy atom. The first-order valence-electron chi connectivity index (χ1n) is 7.09. The molecule has 0 spiro atoms. The molecule has 1 aromatic carbocycles. The highest BCUT2D eigenvalue weighted by molar-refractivity contribution is 6.31. The van der Waals surface area contributed by atoms with Crippen LogP contribution in [0.2, 0.25) is 5.02 Å². The van der Waals surface area contributed by atoms with E-state index >= 15 is 0 Å². The predicted octanol–water partition coefficient (Wildman–Crippen LogP) is 2.95. The molecule has 114 valence electrons. The quantitative estimate of drug-likeness (QED) is 0.673.